The van der Waals surface area contributed by atoms with E-state index in [1.807, 2.05) is 6.07 Å². The second-order valence-corrected chi connectivity index (χ2v) is 6.58. The first-order chi connectivity index (χ1) is 9.50. The van der Waals surface area contributed by atoms with Crippen molar-refractivity contribution >= 4 is 40.7 Å². The predicted octanol–water partition coefficient (Wildman–Crippen LogP) is 4.13. The summed E-state index contributed by atoms with van der Waals surface area (Å²) in [5.74, 6) is -0.295. The minimum absolute atomic E-state index is 0. The van der Waals surface area contributed by atoms with Crippen molar-refractivity contribution in [2.24, 2.45) is 5.92 Å². The van der Waals surface area contributed by atoms with Crippen LogP contribution in [-0.4, -0.2) is 36.2 Å². The molecule has 2 N–H and O–H groups in total. The van der Waals surface area contributed by atoms with Crippen molar-refractivity contribution in [3.8, 4) is 5.75 Å². The number of nitrogens with zero attached hydrogens (tertiary/aromatic N) is 1. The highest BCUT2D eigenvalue weighted by Crippen LogP contribution is 2.37. The van der Waals surface area contributed by atoms with Gasteiger partial charge in [0.25, 0.3) is 0 Å². The zero-order valence-electron chi connectivity index (χ0n) is 12.8. The molecule has 1 atom stereocenters. The number of rotatable bonds is 4. The molecule has 2 rings (SSSR count). The third-order valence-corrected chi connectivity index (χ3v) is 4.36. The van der Waals surface area contributed by atoms with Gasteiger partial charge < -0.3 is 10.4 Å². The highest BCUT2D eigenvalue weighted by atomic mass is 79.9. The summed E-state index contributed by atoms with van der Waals surface area (Å²) in [5.41, 5.74) is 0.696. The number of benzene rings is 1. The number of aromatic hydroxyl groups is 1. The first kappa shape index (κ1) is 21.9. The van der Waals surface area contributed by atoms with Gasteiger partial charge >= 0.3 is 0 Å². The maximum absolute atomic E-state index is 13.9. The lowest BCUT2D eigenvalue weighted by atomic mass is 9.94. The Morgan fingerprint density at radius 2 is 1.86 bits per heavy atom. The van der Waals surface area contributed by atoms with Gasteiger partial charge in [-0.3, -0.25) is 4.90 Å². The van der Waals surface area contributed by atoms with Gasteiger partial charge in [0.2, 0.25) is 0 Å². The summed E-state index contributed by atoms with van der Waals surface area (Å²) in [5, 5.41) is 13.5. The van der Waals surface area contributed by atoms with Crippen molar-refractivity contribution in [1.29, 1.82) is 0 Å². The van der Waals surface area contributed by atoms with Crippen molar-refractivity contribution < 1.29 is 9.50 Å². The van der Waals surface area contributed by atoms with Crippen LogP contribution in [0.1, 0.15) is 31.9 Å². The molecule has 1 aromatic carbocycles. The molecule has 1 aliphatic heterocycles. The Morgan fingerprint density at radius 3 is 2.41 bits per heavy atom. The Balaban J connectivity index is 0.00000220. The molecule has 22 heavy (non-hydrogen) atoms. The van der Waals surface area contributed by atoms with Crippen LogP contribution in [0.3, 0.4) is 0 Å². The number of nitrogens with one attached hydrogen (secondary N) is 1. The average Bonchev–Trinajstić information content (AvgIpc) is 2.44. The molecule has 128 valence electrons. The number of halogens is 4. The van der Waals surface area contributed by atoms with Crippen molar-refractivity contribution in [1.82, 2.24) is 10.2 Å². The molecule has 0 saturated carbocycles. The van der Waals surface area contributed by atoms with Gasteiger partial charge in [-0.05, 0) is 34.3 Å². The summed E-state index contributed by atoms with van der Waals surface area (Å²) in [6.45, 7) is 8.04. The number of phenolic OH excluding ortho intramolecular Hbond substituents is 1. The van der Waals surface area contributed by atoms with Crippen LogP contribution < -0.4 is 5.32 Å². The van der Waals surface area contributed by atoms with Crippen LogP contribution in [0.15, 0.2) is 16.6 Å². The van der Waals surface area contributed by atoms with Crippen LogP contribution in [0.25, 0.3) is 0 Å². The Hall–Kier alpha value is -0.0700. The topological polar surface area (TPSA) is 35.5 Å². The van der Waals surface area contributed by atoms with E-state index >= 15 is 0 Å². The van der Waals surface area contributed by atoms with E-state index in [1.165, 1.54) is 0 Å². The van der Waals surface area contributed by atoms with Gasteiger partial charge in [-0.2, -0.15) is 0 Å². The van der Waals surface area contributed by atoms with Gasteiger partial charge in [0.1, 0.15) is 0 Å². The number of piperazine rings is 1. The molecule has 1 aromatic rings. The monoisotopic (exact) mass is 416 g/mol. The second kappa shape index (κ2) is 9.93. The Kier molecular flexibility index (Phi) is 9.90. The molecule has 1 saturated heterocycles. The van der Waals surface area contributed by atoms with Gasteiger partial charge in [-0.15, -0.1) is 24.8 Å². The summed E-state index contributed by atoms with van der Waals surface area (Å²) < 4.78 is 14.2. The second-order valence-electron chi connectivity index (χ2n) is 5.73. The maximum Gasteiger partial charge on any atom is 0.179 e. The van der Waals surface area contributed by atoms with Crippen LogP contribution >= 0.6 is 40.7 Å². The highest BCUT2D eigenvalue weighted by molar-refractivity contribution is 9.10. The highest BCUT2D eigenvalue weighted by Gasteiger charge is 2.26. The molecular formula is C15H24BrCl2FN2O. The molecule has 0 amide bonds. The fourth-order valence-corrected chi connectivity index (χ4v) is 3.06. The van der Waals surface area contributed by atoms with E-state index in [0.717, 1.165) is 32.6 Å². The van der Waals surface area contributed by atoms with Crippen LogP contribution in [0.2, 0.25) is 0 Å². The molecule has 7 heteroatoms. The van der Waals surface area contributed by atoms with Crippen LogP contribution in [0.5, 0.6) is 5.75 Å². The van der Waals surface area contributed by atoms with E-state index in [0.29, 0.717) is 16.0 Å². The molecule has 3 nitrogen and oxygen atoms in total. The average molecular weight is 418 g/mol. The molecule has 0 unspecified atom stereocenters. The molecule has 1 aliphatic rings. The van der Waals surface area contributed by atoms with E-state index in [-0.39, 0.29) is 36.6 Å². The van der Waals surface area contributed by atoms with Crippen molar-refractivity contribution in [3.63, 3.8) is 0 Å². The van der Waals surface area contributed by atoms with Crippen LogP contribution in [0, 0.1) is 11.7 Å². The summed E-state index contributed by atoms with van der Waals surface area (Å²) in [6, 6.07) is 3.58. The van der Waals surface area contributed by atoms with Gasteiger partial charge in [0.15, 0.2) is 11.6 Å². The van der Waals surface area contributed by atoms with E-state index in [9.17, 15) is 9.50 Å². The van der Waals surface area contributed by atoms with Crippen LogP contribution in [0.4, 0.5) is 4.39 Å². The lowest BCUT2D eigenvalue weighted by Gasteiger charge is -2.36. The van der Waals surface area contributed by atoms with Gasteiger partial charge in [-0.25, -0.2) is 4.39 Å². The Labute approximate surface area is 152 Å². The zero-order valence-corrected chi connectivity index (χ0v) is 16.0. The van der Waals surface area contributed by atoms with Gasteiger partial charge in [0.05, 0.1) is 4.47 Å². The number of phenols is 1. The lowest BCUT2D eigenvalue weighted by Crippen LogP contribution is -2.45. The summed E-state index contributed by atoms with van der Waals surface area (Å²) in [6.07, 6.45) is 0.911. The smallest absolute Gasteiger partial charge is 0.179 e. The molecule has 0 aliphatic carbocycles. The third-order valence-electron chi connectivity index (χ3n) is 3.75. The molecule has 0 bridgehead atoms. The number of hydrogen-bond acceptors (Lipinski definition) is 3. The van der Waals surface area contributed by atoms with E-state index in [4.69, 9.17) is 0 Å². The summed E-state index contributed by atoms with van der Waals surface area (Å²) in [4.78, 5) is 2.33. The standard InChI is InChI=1S/C15H22BrFN2O.2ClH/c1-10(2)9-13(19-7-5-18-6-8-19)11-3-4-12(16)14(17)15(11)20;;/h3-4,10,13,18,20H,5-9H2,1-2H3;2*1H/t13-;;/m1../s1. The molecular weight excluding hydrogens is 394 g/mol. The maximum atomic E-state index is 13.9. The Bertz CT molecular complexity index is 471. The van der Waals surface area contributed by atoms with E-state index < -0.39 is 5.82 Å². The fraction of sp³-hybridized carbons (Fsp3) is 0.600. The first-order valence-electron chi connectivity index (χ1n) is 7.12. The zero-order chi connectivity index (χ0) is 14.7. The largest absolute Gasteiger partial charge is 0.505 e. The number of hydrogen-bond donors (Lipinski definition) is 2. The minimum atomic E-state index is -0.564. The fourth-order valence-electron chi connectivity index (χ4n) is 2.74. The van der Waals surface area contributed by atoms with Gasteiger partial charge in [-0.1, -0.05) is 19.9 Å². The molecule has 0 spiro atoms. The SMILES string of the molecule is CC(C)C[C@H](c1ccc(Br)c(F)c1O)N1CCNCC1.Cl.Cl. The normalized spacial score (nSPS) is 16.8. The van der Waals surface area contributed by atoms with Crippen molar-refractivity contribution in [2.45, 2.75) is 26.3 Å². The van der Waals surface area contributed by atoms with Crippen molar-refractivity contribution in [2.75, 3.05) is 26.2 Å². The van der Waals surface area contributed by atoms with E-state index in [1.54, 1.807) is 6.07 Å². The lowest BCUT2D eigenvalue weighted by molar-refractivity contribution is 0.151. The summed E-state index contributed by atoms with van der Waals surface area (Å²) in [7, 11) is 0. The Morgan fingerprint density at radius 1 is 1.27 bits per heavy atom. The molecule has 1 heterocycles. The predicted molar refractivity (Wildman–Crippen MR) is 96.9 cm³/mol. The minimum Gasteiger partial charge on any atom is -0.505 e. The molecule has 1 fully saturated rings. The third kappa shape index (κ3) is 5.24. The van der Waals surface area contributed by atoms with Gasteiger partial charge in [0, 0.05) is 37.8 Å². The first-order valence-corrected chi connectivity index (χ1v) is 7.91. The van der Waals surface area contributed by atoms with Crippen molar-refractivity contribution in [3.05, 3.63) is 28.0 Å². The molecule has 0 radical (unpaired) electrons. The van der Waals surface area contributed by atoms with Crippen LogP contribution in [-0.2, 0) is 0 Å². The molecule has 0 aromatic heterocycles. The quantitative estimate of drug-likeness (QED) is 0.772. The van der Waals surface area contributed by atoms with E-state index in [2.05, 4.69) is 40.0 Å². The summed E-state index contributed by atoms with van der Waals surface area (Å²) >= 11 is 3.12.